The highest BCUT2D eigenvalue weighted by Gasteiger charge is 2.38. The molecule has 1 aliphatic rings. The second kappa shape index (κ2) is 7.33. The van der Waals surface area contributed by atoms with Gasteiger partial charge in [0, 0.05) is 11.1 Å². The van der Waals surface area contributed by atoms with Crippen molar-refractivity contribution in [2.24, 2.45) is 0 Å². The van der Waals surface area contributed by atoms with Gasteiger partial charge in [0.1, 0.15) is 28.0 Å². The number of aromatic hydroxyl groups is 4. The smallest absolute Gasteiger partial charge is 0.202 e. The molecular formula is C20H19ClO7. The molecule has 0 bridgehead atoms. The highest BCUT2D eigenvalue weighted by Crippen LogP contribution is 2.47. The van der Waals surface area contributed by atoms with Crippen LogP contribution in [0.4, 0.5) is 0 Å². The third-order valence-corrected chi connectivity index (χ3v) is 5.27. The van der Waals surface area contributed by atoms with Crippen molar-refractivity contribution in [3.05, 3.63) is 45.0 Å². The zero-order chi connectivity index (χ0) is 20.7. The van der Waals surface area contributed by atoms with Crippen molar-refractivity contribution in [3.63, 3.8) is 0 Å². The van der Waals surface area contributed by atoms with E-state index in [1.54, 1.807) is 0 Å². The summed E-state index contributed by atoms with van der Waals surface area (Å²) in [5, 5.41) is 50.7. The van der Waals surface area contributed by atoms with E-state index < -0.39 is 56.8 Å². The van der Waals surface area contributed by atoms with Crippen molar-refractivity contribution in [1.29, 1.82) is 0 Å². The number of ketones is 2. The number of hydrogen-bond donors (Lipinski definition) is 5. The Labute approximate surface area is 165 Å². The molecule has 0 aromatic heterocycles. The van der Waals surface area contributed by atoms with E-state index in [1.807, 2.05) is 6.92 Å². The van der Waals surface area contributed by atoms with Gasteiger partial charge in [-0.25, -0.2) is 0 Å². The number of hydrogen-bond acceptors (Lipinski definition) is 7. The number of benzene rings is 2. The third kappa shape index (κ3) is 2.96. The zero-order valence-electron chi connectivity index (χ0n) is 15.0. The number of carbonyl (C=O) groups excluding carboxylic acids is 2. The minimum Gasteiger partial charge on any atom is -0.507 e. The minimum absolute atomic E-state index is 0.246. The van der Waals surface area contributed by atoms with Crippen molar-refractivity contribution in [3.8, 4) is 23.0 Å². The van der Waals surface area contributed by atoms with Gasteiger partial charge in [-0.3, -0.25) is 9.59 Å². The fourth-order valence-corrected chi connectivity index (χ4v) is 3.60. The summed E-state index contributed by atoms with van der Waals surface area (Å²) in [7, 11) is 0. The lowest BCUT2D eigenvalue weighted by atomic mass is 9.81. The Morgan fingerprint density at radius 2 is 1.46 bits per heavy atom. The average Bonchev–Trinajstić information content (AvgIpc) is 2.63. The molecule has 0 fully saturated rings. The molecule has 148 valence electrons. The Balaban J connectivity index is 2.18. The fourth-order valence-electron chi connectivity index (χ4n) is 3.45. The van der Waals surface area contributed by atoms with Gasteiger partial charge in [-0.05, 0) is 18.6 Å². The molecule has 0 amide bonds. The summed E-state index contributed by atoms with van der Waals surface area (Å²) < 4.78 is 0. The SMILES string of the molecule is CCCCC[C@H](O)c1c(O)cc2c(c1O)C(=O)c1c(cc(O)c(Cl)c1O)C2=O. The molecule has 5 N–H and O–H groups in total. The predicted octanol–water partition coefficient (Wildman–Crippen LogP) is 3.55. The molecule has 2 aromatic carbocycles. The summed E-state index contributed by atoms with van der Waals surface area (Å²) in [4.78, 5) is 25.7. The molecule has 1 aliphatic carbocycles. The third-order valence-electron chi connectivity index (χ3n) is 4.90. The van der Waals surface area contributed by atoms with Gasteiger partial charge in [0.2, 0.25) is 5.78 Å². The predicted molar refractivity (Wildman–Crippen MR) is 101 cm³/mol. The number of phenolic OH excluding ortho intramolecular Hbond substituents is 4. The molecule has 0 aliphatic heterocycles. The first-order valence-electron chi connectivity index (χ1n) is 8.81. The van der Waals surface area contributed by atoms with Crippen LogP contribution in [0.15, 0.2) is 12.1 Å². The maximum Gasteiger partial charge on any atom is 0.202 e. The van der Waals surface area contributed by atoms with Gasteiger partial charge in [-0.15, -0.1) is 0 Å². The second-order valence-electron chi connectivity index (χ2n) is 6.73. The summed E-state index contributed by atoms with van der Waals surface area (Å²) in [5.74, 6) is -4.29. The van der Waals surface area contributed by atoms with Crippen LogP contribution < -0.4 is 0 Å². The Morgan fingerprint density at radius 1 is 0.893 bits per heavy atom. The van der Waals surface area contributed by atoms with Crippen molar-refractivity contribution < 1.29 is 35.1 Å². The summed E-state index contributed by atoms with van der Waals surface area (Å²) in [5.41, 5.74) is -1.72. The Kier molecular flexibility index (Phi) is 5.23. The van der Waals surface area contributed by atoms with Crippen LogP contribution >= 0.6 is 11.6 Å². The molecule has 2 aromatic rings. The molecule has 8 heteroatoms. The van der Waals surface area contributed by atoms with E-state index in [9.17, 15) is 35.1 Å². The maximum atomic E-state index is 12.9. The Bertz CT molecular complexity index is 997. The standard InChI is InChI=1S/C20H19ClO7/c1-2-3-4-5-10(22)15-11(23)6-8-13(19(15)27)18(26)14-9(17(8)25)7-12(24)16(21)20(14)28/h6-7,10,22-24,27-28H,2-5H2,1H3/t10-/m0/s1. The van der Waals surface area contributed by atoms with Crippen LogP contribution in [0.2, 0.25) is 5.02 Å². The second-order valence-corrected chi connectivity index (χ2v) is 7.11. The van der Waals surface area contributed by atoms with Crippen molar-refractivity contribution in [1.82, 2.24) is 0 Å². The summed E-state index contributed by atoms with van der Waals surface area (Å²) in [6.45, 7) is 1.98. The molecule has 0 heterocycles. The van der Waals surface area contributed by atoms with Crippen molar-refractivity contribution >= 4 is 23.2 Å². The summed E-state index contributed by atoms with van der Waals surface area (Å²) in [6.07, 6.45) is 1.39. The van der Waals surface area contributed by atoms with Crippen LogP contribution in [0.5, 0.6) is 23.0 Å². The molecule has 0 saturated heterocycles. The molecular weight excluding hydrogens is 388 g/mol. The quantitative estimate of drug-likeness (QED) is 0.409. The number of rotatable bonds is 5. The highest BCUT2D eigenvalue weighted by atomic mass is 35.5. The van der Waals surface area contributed by atoms with Gasteiger partial charge < -0.3 is 25.5 Å². The molecule has 0 spiro atoms. The molecule has 0 radical (unpaired) electrons. The van der Waals surface area contributed by atoms with E-state index in [0.29, 0.717) is 6.42 Å². The van der Waals surface area contributed by atoms with Gasteiger partial charge in [0.05, 0.1) is 22.8 Å². The van der Waals surface area contributed by atoms with Crippen LogP contribution in [0.25, 0.3) is 0 Å². The number of fused-ring (bicyclic) bond motifs is 2. The highest BCUT2D eigenvalue weighted by molar-refractivity contribution is 6.37. The normalized spacial score (nSPS) is 14.0. The first-order valence-corrected chi connectivity index (χ1v) is 9.19. The van der Waals surface area contributed by atoms with Crippen LogP contribution in [-0.4, -0.2) is 37.1 Å². The molecule has 1 atom stereocenters. The van der Waals surface area contributed by atoms with Gasteiger partial charge >= 0.3 is 0 Å². The molecule has 28 heavy (non-hydrogen) atoms. The van der Waals surface area contributed by atoms with E-state index in [2.05, 4.69) is 0 Å². The zero-order valence-corrected chi connectivity index (χ0v) is 15.7. The average molecular weight is 407 g/mol. The van der Waals surface area contributed by atoms with Gasteiger partial charge in [0.15, 0.2) is 5.78 Å². The van der Waals surface area contributed by atoms with E-state index >= 15 is 0 Å². The van der Waals surface area contributed by atoms with E-state index in [1.165, 1.54) is 0 Å². The lowest BCUT2D eigenvalue weighted by molar-refractivity contribution is 0.0972. The first kappa shape index (κ1) is 20.0. The Morgan fingerprint density at radius 3 is 2.07 bits per heavy atom. The van der Waals surface area contributed by atoms with Gasteiger partial charge in [-0.2, -0.15) is 0 Å². The van der Waals surface area contributed by atoms with Gasteiger partial charge in [0.25, 0.3) is 0 Å². The summed E-state index contributed by atoms with van der Waals surface area (Å²) >= 11 is 5.77. The number of unbranched alkanes of at least 4 members (excludes halogenated alkanes) is 2. The molecule has 7 nitrogen and oxygen atoms in total. The van der Waals surface area contributed by atoms with Crippen molar-refractivity contribution in [2.75, 3.05) is 0 Å². The molecule has 0 unspecified atom stereocenters. The van der Waals surface area contributed by atoms with Gasteiger partial charge in [-0.1, -0.05) is 37.8 Å². The number of halogens is 1. The summed E-state index contributed by atoms with van der Waals surface area (Å²) in [6, 6.07) is 1.95. The van der Waals surface area contributed by atoms with E-state index in [0.717, 1.165) is 25.0 Å². The van der Waals surface area contributed by atoms with E-state index in [4.69, 9.17) is 11.6 Å². The largest absolute Gasteiger partial charge is 0.507 e. The van der Waals surface area contributed by atoms with E-state index in [-0.39, 0.29) is 23.1 Å². The minimum atomic E-state index is -1.24. The first-order chi connectivity index (χ1) is 13.2. The monoisotopic (exact) mass is 406 g/mol. The van der Waals surface area contributed by atoms with Crippen LogP contribution in [-0.2, 0) is 0 Å². The fraction of sp³-hybridized carbons (Fsp3) is 0.300. The maximum absolute atomic E-state index is 12.9. The lowest BCUT2D eigenvalue weighted by Crippen LogP contribution is -2.22. The lowest BCUT2D eigenvalue weighted by Gasteiger charge is -2.23. The number of carbonyl (C=O) groups is 2. The topological polar surface area (TPSA) is 135 Å². The molecule has 0 saturated carbocycles. The Hall–Kier alpha value is -2.77. The van der Waals surface area contributed by atoms with Crippen LogP contribution in [0.3, 0.4) is 0 Å². The van der Waals surface area contributed by atoms with Crippen LogP contribution in [0.1, 0.15) is 76.1 Å². The van der Waals surface area contributed by atoms with Crippen molar-refractivity contribution in [2.45, 2.75) is 38.7 Å². The number of aliphatic hydroxyl groups excluding tert-OH is 1. The van der Waals surface area contributed by atoms with Crippen LogP contribution in [0, 0.1) is 0 Å². The molecule has 3 rings (SSSR count). The number of phenols is 4. The number of aliphatic hydroxyl groups is 1.